The van der Waals surface area contributed by atoms with Gasteiger partial charge < -0.3 is 10.6 Å². The quantitative estimate of drug-likeness (QED) is 0.857. The van der Waals surface area contributed by atoms with Crippen molar-refractivity contribution in [2.24, 2.45) is 0 Å². The van der Waals surface area contributed by atoms with E-state index in [1.165, 1.54) is 14.0 Å². The van der Waals surface area contributed by atoms with Crippen molar-refractivity contribution < 1.29 is 22.8 Å². The third-order valence-corrected chi connectivity index (χ3v) is 3.04. The van der Waals surface area contributed by atoms with Crippen LogP contribution in [0.3, 0.4) is 0 Å². The van der Waals surface area contributed by atoms with E-state index in [2.05, 4.69) is 15.6 Å². The Morgan fingerprint density at radius 2 is 2.14 bits per heavy atom. The standard InChI is InChI=1S/C12H13F3N4O2/c1-6-3-7(12(13,14)15)4-9(18-6)19-8(10(20)16-2)5-17-11(19)21/h3-4,8H,5H2,1-2H3,(H,16,20)(H,17,21). The third kappa shape index (κ3) is 2.91. The Balaban J connectivity index is 2.46. The van der Waals surface area contributed by atoms with Gasteiger partial charge in [0.05, 0.1) is 5.56 Å². The molecule has 2 N–H and O–H groups in total. The lowest BCUT2D eigenvalue weighted by Gasteiger charge is -2.22. The molecule has 0 bridgehead atoms. The van der Waals surface area contributed by atoms with Gasteiger partial charge in [0.25, 0.3) is 0 Å². The zero-order valence-corrected chi connectivity index (χ0v) is 11.3. The lowest BCUT2D eigenvalue weighted by molar-refractivity contribution is -0.137. The van der Waals surface area contributed by atoms with Crippen LogP contribution in [0.25, 0.3) is 0 Å². The molecule has 9 heteroatoms. The van der Waals surface area contributed by atoms with Crippen molar-refractivity contribution in [1.29, 1.82) is 0 Å². The number of pyridine rings is 1. The largest absolute Gasteiger partial charge is 0.416 e. The van der Waals surface area contributed by atoms with E-state index in [4.69, 9.17) is 0 Å². The van der Waals surface area contributed by atoms with Gasteiger partial charge in [0.15, 0.2) is 0 Å². The first kappa shape index (κ1) is 15.1. The highest BCUT2D eigenvalue weighted by Gasteiger charge is 2.39. The molecule has 0 aromatic carbocycles. The molecule has 1 aliphatic rings. The summed E-state index contributed by atoms with van der Waals surface area (Å²) < 4.78 is 38.5. The molecule has 1 fully saturated rings. The van der Waals surface area contributed by atoms with Gasteiger partial charge >= 0.3 is 12.2 Å². The van der Waals surface area contributed by atoms with Crippen LogP contribution in [0.1, 0.15) is 11.3 Å². The summed E-state index contributed by atoms with van der Waals surface area (Å²) in [6, 6.07) is 0.0490. The van der Waals surface area contributed by atoms with Crippen LogP contribution < -0.4 is 15.5 Å². The van der Waals surface area contributed by atoms with Crippen molar-refractivity contribution >= 4 is 17.8 Å². The van der Waals surface area contributed by atoms with Crippen LogP contribution in [-0.2, 0) is 11.0 Å². The van der Waals surface area contributed by atoms with Gasteiger partial charge in [-0.2, -0.15) is 13.2 Å². The third-order valence-electron chi connectivity index (χ3n) is 3.04. The number of aromatic nitrogens is 1. The highest BCUT2D eigenvalue weighted by Crippen LogP contribution is 2.32. The monoisotopic (exact) mass is 302 g/mol. The Morgan fingerprint density at radius 1 is 1.48 bits per heavy atom. The van der Waals surface area contributed by atoms with Crippen LogP contribution in [0.4, 0.5) is 23.8 Å². The summed E-state index contributed by atoms with van der Waals surface area (Å²) in [5.41, 5.74) is -0.810. The number of aryl methyl sites for hydroxylation is 1. The minimum Gasteiger partial charge on any atom is -0.357 e. The van der Waals surface area contributed by atoms with E-state index < -0.39 is 29.7 Å². The molecule has 0 spiro atoms. The van der Waals surface area contributed by atoms with Crippen LogP contribution >= 0.6 is 0 Å². The molecule has 1 aromatic rings. The molecule has 21 heavy (non-hydrogen) atoms. The number of carbonyl (C=O) groups excluding carboxylic acids is 2. The van der Waals surface area contributed by atoms with E-state index >= 15 is 0 Å². The van der Waals surface area contributed by atoms with Gasteiger partial charge in [0.2, 0.25) is 5.91 Å². The lowest BCUT2D eigenvalue weighted by Crippen LogP contribution is -2.45. The highest BCUT2D eigenvalue weighted by molar-refractivity contribution is 6.02. The second kappa shape index (κ2) is 5.23. The van der Waals surface area contributed by atoms with E-state index in [1.54, 1.807) is 0 Å². The molecule has 1 aliphatic heterocycles. The van der Waals surface area contributed by atoms with Crippen LogP contribution in [0.5, 0.6) is 0 Å². The van der Waals surface area contributed by atoms with Crippen molar-refractivity contribution in [2.45, 2.75) is 19.1 Å². The van der Waals surface area contributed by atoms with Crippen molar-refractivity contribution in [2.75, 3.05) is 18.5 Å². The first-order chi connectivity index (χ1) is 9.74. The van der Waals surface area contributed by atoms with Gasteiger partial charge in [0.1, 0.15) is 11.9 Å². The van der Waals surface area contributed by atoms with Crippen molar-refractivity contribution in [3.8, 4) is 0 Å². The van der Waals surface area contributed by atoms with Gasteiger partial charge in [-0.05, 0) is 19.1 Å². The summed E-state index contributed by atoms with van der Waals surface area (Å²) >= 11 is 0. The van der Waals surface area contributed by atoms with Gasteiger partial charge in [0, 0.05) is 19.3 Å². The summed E-state index contributed by atoms with van der Waals surface area (Å²) in [7, 11) is 1.38. The van der Waals surface area contributed by atoms with Gasteiger partial charge in [-0.3, -0.25) is 9.69 Å². The zero-order valence-electron chi connectivity index (χ0n) is 11.3. The Hall–Kier alpha value is -2.32. The molecule has 1 atom stereocenters. The summed E-state index contributed by atoms with van der Waals surface area (Å²) in [5, 5.41) is 4.78. The molecule has 1 unspecified atom stereocenters. The fourth-order valence-electron chi connectivity index (χ4n) is 2.08. The van der Waals surface area contributed by atoms with Crippen LogP contribution in [0, 0.1) is 6.92 Å². The van der Waals surface area contributed by atoms with Gasteiger partial charge in [-0.25, -0.2) is 9.78 Å². The maximum Gasteiger partial charge on any atom is 0.416 e. The van der Waals surface area contributed by atoms with Gasteiger partial charge in [-0.1, -0.05) is 0 Å². The summed E-state index contributed by atoms with van der Waals surface area (Å²) in [6.45, 7) is 1.40. The predicted octanol–water partition coefficient (Wildman–Crippen LogP) is 1.05. The summed E-state index contributed by atoms with van der Waals surface area (Å²) in [5.74, 6) is -0.684. The molecule has 3 amide bonds. The van der Waals surface area contributed by atoms with Gasteiger partial charge in [-0.15, -0.1) is 0 Å². The van der Waals surface area contributed by atoms with E-state index in [0.29, 0.717) is 0 Å². The number of carbonyl (C=O) groups is 2. The Bertz CT molecular complexity index is 588. The molecule has 1 aromatic heterocycles. The first-order valence-corrected chi connectivity index (χ1v) is 6.08. The molecule has 0 radical (unpaired) electrons. The van der Waals surface area contributed by atoms with Crippen molar-refractivity contribution in [3.05, 3.63) is 23.4 Å². The molecular weight excluding hydrogens is 289 g/mol. The Labute approximate surface area is 118 Å². The van der Waals surface area contributed by atoms with E-state index in [9.17, 15) is 22.8 Å². The number of hydrogen-bond donors (Lipinski definition) is 2. The topological polar surface area (TPSA) is 74.3 Å². The average molecular weight is 302 g/mol. The van der Waals surface area contributed by atoms with E-state index in [-0.39, 0.29) is 18.1 Å². The van der Waals surface area contributed by atoms with Crippen molar-refractivity contribution in [3.63, 3.8) is 0 Å². The molecule has 6 nitrogen and oxygen atoms in total. The highest BCUT2D eigenvalue weighted by atomic mass is 19.4. The molecule has 2 rings (SSSR count). The number of rotatable bonds is 2. The predicted molar refractivity (Wildman–Crippen MR) is 67.7 cm³/mol. The second-order valence-corrected chi connectivity index (χ2v) is 4.54. The number of nitrogens with zero attached hydrogens (tertiary/aromatic N) is 2. The summed E-state index contributed by atoms with van der Waals surface area (Å²) in [6.07, 6.45) is -4.55. The number of amides is 3. The number of nitrogens with one attached hydrogen (secondary N) is 2. The van der Waals surface area contributed by atoms with Crippen LogP contribution in [0.15, 0.2) is 12.1 Å². The number of anilines is 1. The Kier molecular flexibility index (Phi) is 3.75. The number of halogens is 3. The molecule has 0 saturated carbocycles. The SMILES string of the molecule is CNC(=O)C1CNC(=O)N1c1cc(C(F)(F)F)cc(C)n1. The summed E-state index contributed by atoms with van der Waals surface area (Å²) in [4.78, 5) is 28.4. The minimum absolute atomic E-state index is 0.00940. The average Bonchev–Trinajstić information content (AvgIpc) is 2.78. The fraction of sp³-hybridized carbons (Fsp3) is 0.417. The number of urea groups is 1. The normalized spacial score (nSPS) is 18.6. The maximum atomic E-state index is 12.8. The minimum atomic E-state index is -4.55. The smallest absolute Gasteiger partial charge is 0.357 e. The maximum absolute atomic E-state index is 12.8. The van der Waals surface area contributed by atoms with E-state index in [1.807, 2.05) is 0 Å². The number of hydrogen-bond acceptors (Lipinski definition) is 3. The molecule has 1 saturated heterocycles. The molecule has 0 aliphatic carbocycles. The molecule has 114 valence electrons. The van der Waals surface area contributed by atoms with E-state index in [0.717, 1.165) is 17.0 Å². The zero-order chi connectivity index (χ0) is 15.8. The fourth-order valence-corrected chi connectivity index (χ4v) is 2.08. The number of likely N-dealkylation sites (N-methyl/N-ethyl adjacent to an activating group) is 1. The van der Waals surface area contributed by atoms with Crippen LogP contribution in [0.2, 0.25) is 0 Å². The number of alkyl halides is 3. The lowest BCUT2D eigenvalue weighted by atomic mass is 10.2. The van der Waals surface area contributed by atoms with Crippen LogP contribution in [-0.4, -0.2) is 36.6 Å². The first-order valence-electron chi connectivity index (χ1n) is 6.08. The Morgan fingerprint density at radius 3 is 2.71 bits per heavy atom. The van der Waals surface area contributed by atoms with Crippen molar-refractivity contribution in [1.82, 2.24) is 15.6 Å². The molecular formula is C12H13F3N4O2. The second-order valence-electron chi connectivity index (χ2n) is 4.54. The molecule has 2 heterocycles.